The largest absolute Gasteiger partial charge is 0.274 e. The predicted molar refractivity (Wildman–Crippen MR) is 58.2 cm³/mol. The van der Waals surface area contributed by atoms with Crippen molar-refractivity contribution < 1.29 is 9.63 Å². The molecule has 1 rings (SSSR count). The van der Waals surface area contributed by atoms with Crippen molar-refractivity contribution in [1.82, 2.24) is 5.48 Å². The summed E-state index contributed by atoms with van der Waals surface area (Å²) in [5, 5.41) is 0.568. The van der Waals surface area contributed by atoms with E-state index in [1.807, 2.05) is 0 Å². The minimum Gasteiger partial charge on any atom is -0.274 e. The summed E-state index contributed by atoms with van der Waals surface area (Å²) in [5.74, 6) is -0.288. The summed E-state index contributed by atoms with van der Waals surface area (Å²) in [4.78, 5) is 16.1. The smallest absolute Gasteiger partial charge is 0.274 e. The minimum atomic E-state index is -0.288. The Labute approximate surface area is 95.5 Å². The van der Waals surface area contributed by atoms with Crippen molar-refractivity contribution in [3.8, 4) is 0 Å². The Morgan fingerprint density at radius 1 is 1.64 bits per heavy atom. The summed E-state index contributed by atoms with van der Waals surface area (Å²) in [6.45, 7) is 2.22. The van der Waals surface area contributed by atoms with Gasteiger partial charge in [-0.2, -0.15) is 0 Å². The Balaban J connectivity index is 2.76. The molecule has 76 valence electrons. The zero-order valence-electron chi connectivity index (χ0n) is 7.51. The number of benzene rings is 1. The standard InChI is InChI=1S/C9H9BrClNO2/c1-2-14-12-9(13)6-3-4-8(11)7(10)5-6/h3-5H,2H2,1H3,(H,12,13). The normalized spacial score (nSPS) is 9.93. The van der Waals surface area contributed by atoms with E-state index in [1.54, 1.807) is 25.1 Å². The summed E-state index contributed by atoms with van der Waals surface area (Å²) in [6.07, 6.45) is 0. The van der Waals surface area contributed by atoms with Gasteiger partial charge in [0.15, 0.2) is 0 Å². The molecule has 1 amide bonds. The number of nitrogens with one attached hydrogen (secondary N) is 1. The van der Waals surface area contributed by atoms with Crippen molar-refractivity contribution in [2.24, 2.45) is 0 Å². The lowest BCUT2D eigenvalue weighted by Crippen LogP contribution is -2.23. The molecule has 0 radical (unpaired) electrons. The number of rotatable bonds is 3. The van der Waals surface area contributed by atoms with Gasteiger partial charge in [0.1, 0.15) is 0 Å². The van der Waals surface area contributed by atoms with E-state index < -0.39 is 0 Å². The first-order valence-corrected chi connectivity index (χ1v) is 5.19. The Bertz CT molecular complexity index is 344. The predicted octanol–water partition coefficient (Wildman–Crippen LogP) is 2.78. The SMILES string of the molecule is CCONC(=O)c1ccc(Cl)c(Br)c1. The molecule has 0 saturated heterocycles. The Morgan fingerprint density at radius 3 is 2.93 bits per heavy atom. The molecule has 0 unspecified atom stereocenters. The summed E-state index contributed by atoms with van der Waals surface area (Å²) >= 11 is 9.01. The van der Waals surface area contributed by atoms with E-state index in [2.05, 4.69) is 21.4 Å². The maximum absolute atomic E-state index is 11.4. The van der Waals surface area contributed by atoms with E-state index in [9.17, 15) is 4.79 Å². The third-order valence-electron chi connectivity index (χ3n) is 1.49. The van der Waals surface area contributed by atoms with Gasteiger partial charge >= 0.3 is 0 Å². The van der Waals surface area contributed by atoms with Crippen molar-refractivity contribution in [2.75, 3.05) is 6.61 Å². The van der Waals surface area contributed by atoms with E-state index in [1.165, 1.54) is 0 Å². The lowest BCUT2D eigenvalue weighted by Gasteiger charge is -2.04. The molecule has 0 spiro atoms. The first-order chi connectivity index (χ1) is 6.65. The van der Waals surface area contributed by atoms with Crippen LogP contribution in [-0.4, -0.2) is 12.5 Å². The van der Waals surface area contributed by atoms with Gasteiger partial charge < -0.3 is 0 Å². The number of carbonyl (C=O) groups is 1. The number of hydrogen-bond donors (Lipinski definition) is 1. The molecule has 3 nitrogen and oxygen atoms in total. The number of amides is 1. The van der Waals surface area contributed by atoms with Gasteiger partial charge in [0.05, 0.1) is 11.6 Å². The summed E-state index contributed by atoms with van der Waals surface area (Å²) in [7, 11) is 0. The Kier molecular flexibility index (Phi) is 4.38. The van der Waals surface area contributed by atoms with Crippen molar-refractivity contribution in [1.29, 1.82) is 0 Å². The van der Waals surface area contributed by atoms with Crippen LogP contribution in [0.15, 0.2) is 22.7 Å². The molecule has 0 atom stereocenters. The molecule has 0 aliphatic rings. The topological polar surface area (TPSA) is 38.3 Å². The van der Waals surface area contributed by atoms with Gasteiger partial charge in [-0.3, -0.25) is 9.63 Å². The number of hydrogen-bond acceptors (Lipinski definition) is 2. The maximum atomic E-state index is 11.4. The zero-order chi connectivity index (χ0) is 10.6. The van der Waals surface area contributed by atoms with Gasteiger partial charge in [-0.1, -0.05) is 11.6 Å². The highest BCUT2D eigenvalue weighted by molar-refractivity contribution is 9.10. The van der Waals surface area contributed by atoms with Gasteiger partial charge in [-0.15, -0.1) is 0 Å². The lowest BCUT2D eigenvalue weighted by atomic mass is 10.2. The van der Waals surface area contributed by atoms with Crippen LogP contribution in [0.1, 0.15) is 17.3 Å². The molecule has 1 N–H and O–H groups in total. The second-order valence-corrected chi connectivity index (χ2v) is 3.75. The molecule has 0 aromatic heterocycles. The molecular weight excluding hydrogens is 269 g/mol. The fraction of sp³-hybridized carbons (Fsp3) is 0.222. The Hall–Kier alpha value is -0.580. The quantitative estimate of drug-likeness (QED) is 0.864. The van der Waals surface area contributed by atoms with E-state index >= 15 is 0 Å². The molecule has 0 saturated carbocycles. The maximum Gasteiger partial charge on any atom is 0.274 e. The third-order valence-corrected chi connectivity index (χ3v) is 2.70. The fourth-order valence-corrected chi connectivity index (χ4v) is 1.33. The molecular formula is C9H9BrClNO2. The van der Waals surface area contributed by atoms with Crippen LogP contribution in [0.25, 0.3) is 0 Å². The second kappa shape index (κ2) is 5.34. The number of halogens is 2. The molecule has 0 fully saturated rings. The van der Waals surface area contributed by atoms with Crippen LogP contribution >= 0.6 is 27.5 Å². The van der Waals surface area contributed by atoms with Gasteiger partial charge in [0.25, 0.3) is 5.91 Å². The van der Waals surface area contributed by atoms with Crippen LogP contribution in [-0.2, 0) is 4.84 Å². The highest BCUT2D eigenvalue weighted by Crippen LogP contribution is 2.23. The average molecular weight is 279 g/mol. The third kappa shape index (κ3) is 2.97. The van der Waals surface area contributed by atoms with Gasteiger partial charge in [0.2, 0.25) is 0 Å². The minimum absolute atomic E-state index is 0.288. The molecule has 1 aromatic carbocycles. The van der Waals surface area contributed by atoms with Crippen LogP contribution in [0, 0.1) is 0 Å². The lowest BCUT2D eigenvalue weighted by molar-refractivity contribution is 0.0364. The molecule has 14 heavy (non-hydrogen) atoms. The summed E-state index contributed by atoms with van der Waals surface area (Å²) in [6, 6.07) is 4.91. The molecule has 0 heterocycles. The first kappa shape index (κ1) is 11.5. The van der Waals surface area contributed by atoms with Crippen LogP contribution < -0.4 is 5.48 Å². The molecule has 0 bridgehead atoms. The summed E-state index contributed by atoms with van der Waals surface area (Å²) < 4.78 is 0.684. The van der Waals surface area contributed by atoms with Crippen LogP contribution in [0.5, 0.6) is 0 Å². The van der Waals surface area contributed by atoms with Crippen LogP contribution in [0.3, 0.4) is 0 Å². The van der Waals surface area contributed by atoms with E-state index in [4.69, 9.17) is 16.4 Å². The molecule has 5 heteroatoms. The van der Waals surface area contributed by atoms with E-state index in [0.717, 1.165) is 0 Å². The fourth-order valence-electron chi connectivity index (χ4n) is 0.834. The van der Waals surface area contributed by atoms with Gasteiger partial charge in [-0.05, 0) is 41.1 Å². The molecule has 0 aliphatic carbocycles. The monoisotopic (exact) mass is 277 g/mol. The number of hydroxylamine groups is 1. The summed E-state index contributed by atoms with van der Waals surface area (Å²) in [5.41, 5.74) is 2.79. The van der Waals surface area contributed by atoms with Crippen LogP contribution in [0.4, 0.5) is 0 Å². The van der Waals surface area contributed by atoms with Crippen molar-refractivity contribution in [3.63, 3.8) is 0 Å². The van der Waals surface area contributed by atoms with E-state index in [0.29, 0.717) is 21.7 Å². The highest BCUT2D eigenvalue weighted by Gasteiger charge is 2.06. The van der Waals surface area contributed by atoms with Gasteiger partial charge in [0, 0.05) is 10.0 Å². The highest BCUT2D eigenvalue weighted by atomic mass is 79.9. The average Bonchev–Trinajstić information content (AvgIpc) is 2.18. The molecule has 0 aliphatic heterocycles. The Morgan fingerprint density at radius 2 is 2.36 bits per heavy atom. The van der Waals surface area contributed by atoms with Crippen molar-refractivity contribution >= 4 is 33.4 Å². The number of carbonyl (C=O) groups excluding carboxylic acids is 1. The van der Waals surface area contributed by atoms with Crippen LogP contribution in [0.2, 0.25) is 5.02 Å². The van der Waals surface area contributed by atoms with E-state index in [-0.39, 0.29) is 5.91 Å². The first-order valence-electron chi connectivity index (χ1n) is 4.02. The second-order valence-electron chi connectivity index (χ2n) is 2.49. The zero-order valence-corrected chi connectivity index (χ0v) is 9.85. The van der Waals surface area contributed by atoms with Crippen molar-refractivity contribution in [2.45, 2.75) is 6.92 Å². The molecule has 1 aromatic rings. The van der Waals surface area contributed by atoms with Crippen molar-refractivity contribution in [3.05, 3.63) is 33.3 Å². The van der Waals surface area contributed by atoms with Gasteiger partial charge in [-0.25, -0.2) is 5.48 Å².